The molecule has 0 aliphatic rings. The molecule has 0 amide bonds. The molecule has 2 rings (SSSR count). The van der Waals surface area contributed by atoms with Gasteiger partial charge in [-0.2, -0.15) is 0 Å². The van der Waals surface area contributed by atoms with Gasteiger partial charge in [-0.25, -0.2) is 13.1 Å². The topological polar surface area (TPSA) is 64.6 Å². The average molecular weight is 392 g/mol. The third kappa shape index (κ3) is 5.97. The van der Waals surface area contributed by atoms with E-state index in [4.69, 9.17) is 9.47 Å². The zero-order chi connectivity index (χ0) is 19.7. The van der Waals surface area contributed by atoms with Crippen molar-refractivity contribution in [1.82, 2.24) is 4.72 Å². The van der Waals surface area contributed by atoms with Crippen molar-refractivity contribution in [2.45, 2.75) is 43.9 Å². The Bertz CT molecular complexity index is 817. The highest BCUT2D eigenvalue weighted by molar-refractivity contribution is 7.89. The number of nitrogens with one attached hydrogen (secondary N) is 1. The average Bonchev–Trinajstić information content (AvgIpc) is 2.68. The molecule has 0 saturated heterocycles. The van der Waals surface area contributed by atoms with Gasteiger partial charge in [0.1, 0.15) is 0 Å². The third-order valence-electron chi connectivity index (χ3n) is 4.47. The summed E-state index contributed by atoms with van der Waals surface area (Å²) in [6.07, 6.45) is 4.99. The lowest BCUT2D eigenvalue weighted by molar-refractivity contribution is 0.351. The van der Waals surface area contributed by atoms with Crippen LogP contribution in [0, 0.1) is 0 Å². The van der Waals surface area contributed by atoms with Crippen molar-refractivity contribution in [1.29, 1.82) is 0 Å². The van der Waals surface area contributed by atoms with Crippen molar-refractivity contribution in [3.05, 3.63) is 53.6 Å². The Hall–Kier alpha value is -2.05. The SMILES string of the molecule is CCCCCc1ccc(S(=O)(=O)NCCc2cccc(OC)c2OC)cc1. The number of unbranched alkanes of at least 4 members (excludes halogenated alkanes) is 2. The predicted molar refractivity (Wildman–Crippen MR) is 108 cm³/mol. The number of para-hydroxylation sites is 1. The van der Waals surface area contributed by atoms with Crippen LogP contribution >= 0.6 is 0 Å². The number of hydrogen-bond acceptors (Lipinski definition) is 4. The zero-order valence-electron chi connectivity index (χ0n) is 16.3. The molecule has 2 aromatic carbocycles. The standard InChI is InChI=1S/C21H29NO4S/c1-4-5-6-8-17-11-13-19(14-12-17)27(23,24)22-16-15-18-9-7-10-20(25-2)21(18)26-3/h7,9-14,22H,4-6,8,15-16H2,1-3H3. The molecule has 0 aromatic heterocycles. The molecule has 0 aliphatic carbocycles. The van der Waals surface area contributed by atoms with Crippen molar-refractivity contribution in [3.63, 3.8) is 0 Å². The maximum Gasteiger partial charge on any atom is 0.240 e. The molecule has 6 heteroatoms. The van der Waals surface area contributed by atoms with E-state index in [0.29, 0.717) is 22.8 Å². The Morgan fingerprint density at radius 2 is 1.67 bits per heavy atom. The molecule has 2 aromatic rings. The summed E-state index contributed by atoms with van der Waals surface area (Å²) in [5.41, 5.74) is 2.06. The maximum absolute atomic E-state index is 12.5. The van der Waals surface area contributed by atoms with Gasteiger partial charge in [0.15, 0.2) is 11.5 Å². The smallest absolute Gasteiger partial charge is 0.240 e. The molecule has 0 saturated carbocycles. The highest BCUT2D eigenvalue weighted by Gasteiger charge is 2.15. The van der Waals surface area contributed by atoms with E-state index >= 15 is 0 Å². The van der Waals surface area contributed by atoms with Crippen LogP contribution in [0.4, 0.5) is 0 Å². The van der Waals surface area contributed by atoms with Gasteiger partial charge >= 0.3 is 0 Å². The molecule has 148 valence electrons. The number of ether oxygens (including phenoxy) is 2. The lowest BCUT2D eigenvalue weighted by atomic mass is 10.1. The monoisotopic (exact) mass is 391 g/mol. The van der Waals surface area contributed by atoms with Crippen LogP contribution in [0.3, 0.4) is 0 Å². The second-order valence-electron chi connectivity index (χ2n) is 6.40. The summed E-state index contributed by atoms with van der Waals surface area (Å²) in [5, 5.41) is 0. The van der Waals surface area contributed by atoms with Crippen molar-refractivity contribution in [2.75, 3.05) is 20.8 Å². The van der Waals surface area contributed by atoms with Gasteiger partial charge in [-0.3, -0.25) is 0 Å². The molecule has 0 fully saturated rings. The van der Waals surface area contributed by atoms with Crippen LogP contribution in [0.1, 0.15) is 37.3 Å². The highest BCUT2D eigenvalue weighted by atomic mass is 32.2. The first-order valence-electron chi connectivity index (χ1n) is 9.30. The fourth-order valence-electron chi connectivity index (χ4n) is 2.97. The van der Waals surface area contributed by atoms with Gasteiger partial charge in [0.2, 0.25) is 10.0 Å². The van der Waals surface area contributed by atoms with E-state index in [1.165, 1.54) is 18.4 Å². The molecule has 0 heterocycles. The molecule has 1 N–H and O–H groups in total. The summed E-state index contributed by atoms with van der Waals surface area (Å²) in [6.45, 7) is 2.45. The van der Waals surface area contributed by atoms with Gasteiger partial charge in [0, 0.05) is 6.54 Å². The van der Waals surface area contributed by atoms with E-state index in [0.717, 1.165) is 18.4 Å². The Morgan fingerprint density at radius 3 is 2.30 bits per heavy atom. The quantitative estimate of drug-likeness (QED) is 0.589. The minimum atomic E-state index is -3.53. The van der Waals surface area contributed by atoms with Crippen LogP contribution < -0.4 is 14.2 Å². The summed E-state index contributed by atoms with van der Waals surface area (Å²) >= 11 is 0. The second kappa shape index (κ2) is 10.3. The number of methoxy groups -OCH3 is 2. The van der Waals surface area contributed by atoms with Crippen LogP contribution in [0.5, 0.6) is 11.5 Å². The number of hydrogen-bond donors (Lipinski definition) is 1. The third-order valence-corrected chi connectivity index (χ3v) is 5.95. The van der Waals surface area contributed by atoms with Crippen LogP contribution in [0.2, 0.25) is 0 Å². The Kier molecular flexibility index (Phi) is 8.13. The normalized spacial score (nSPS) is 11.4. The van der Waals surface area contributed by atoms with Crippen molar-refractivity contribution >= 4 is 10.0 Å². The van der Waals surface area contributed by atoms with Crippen molar-refractivity contribution in [2.24, 2.45) is 0 Å². The first kappa shape index (κ1) is 21.3. The number of aryl methyl sites for hydroxylation is 1. The minimum absolute atomic E-state index is 0.282. The highest BCUT2D eigenvalue weighted by Crippen LogP contribution is 2.30. The summed E-state index contributed by atoms with van der Waals surface area (Å²) < 4.78 is 38.3. The molecule has 0 radical (unpaired) electrons. The lowest BCUT2D eigenvalue weighted by Crippen LogP contribution is -2.26. The molecule has 0 aliphatic heterocycles. The van der Waals surface area contributed by atoms with Crippen molar-refractivity contribution < 1.29 is 17.9 Å². The fourth-order valence-corrected chi connectivity index (χ4v) is 4.00. The molecule has 5 nitrogen and oxygen atoms in total. The minimum Gasteiger partial charge on any atom is -0.493 e. The molecule has 0 unspecified atom stereocenters. The maximum atomic E-state index is 12.5. The Balaban J connectivity index is 1.97. The van der Waals surface area contributed by atoms with E-state index in [1.54, 1.807) is 26.4 Å². The molecule has 0 spiro atoms. The van der Waals surface area contributed by atoms with E-state index in [9.17, 15) is 8.42 Å². The Morgan fingerprint density at radius 1 is 0.926 bits per heavy atom. The lowest BCUT2D eigenvalue weighted by Gasteiger charge is -2.13. The van der Waals surface area contributed by atoms with Crippen LogP contribution in [0.25, 0.3) is 0 Å². The molecule has 0 bridgehead atoms. The number of rotatable bonds is 11. The van der Waals surface area contributed by atoms with Gasteiger partial charge in [-0.05, 0) is 48.6 Å². The largest absolute Gasteiger partial charge is 0.493 e. The fraction of sp³-hybridized carbons (Fsp3) is 0.429. The first-order chi connectivity index (χ1) is 13.0. The summed E-state index contributed by atoms with van der Waals surface area (Å²) in [7, 11) is -0.373. The molecule has 27 heavy (non-hydrogen) atoms. The van der Waals surface area contributed by atoms with Gasteiger partial charge in [0.05, 0.1) is 19.1 Å². The van der Waals surface area contributed by atoms with Crippen LogP contribution in [0.15, 0.2) is 47.4 Å². The first-order valence-corrected chi connectivity index (χ1v) is 10.8. The van der Waals surface area contributed by atoms with Crippen LogP contribution in [-0.4, -0.2) is 29.2 Å². The van der Waals surface area contributed by atoms with E-state index in [-0.39, 0.29) is 6.54 Å². The molecule has 0 atom stereocenters. The van der Waals surface area contributed by atoms with E-state index < -0.39 is 10.0 Å². The van der Waals surface area contributed by atoms with Gasteiger partial charge in [-0.1, -0.05) is 44.0 Å². The summed E-state index contributed by atoms with van der Waals surface area (Å²) in [6, 6.07) is 12.7. The molecular weight excluding hydrogens is 362 g/mol. The van der Waals surface area contributed by atoms with E-state index in [2.05, 4.69) is 11.6 Å². The van der Waals surface area contributed by atoms with E-state index in [1.807, 2.05) is 30.3 Å². The second-order valence-corrected chi connectivity index (χ2v) is 8.17. The number of sulfonamides is 1. The van der Waals surface area contributed by atoms with Gasteiger partial charge < -0.3 is 9.47 Å². The van der Waals surface area contributed by atoms with Crippen LogP contribution in [-0.2, 0) is 22.9 Å². The predicted octanol–water partition coefficient (Wildman–Crippen LogP) is 3.96. The Labute approximate surface area is 162 Å². The number of benzene rings is 2. The van der Waals surface area contributed by atoms with Gasteiger partial charge in [0.25, 0.3) is 0 Å². The van der Waals surface area contributed by atoms with Gasteiger partial charge in [-0.15, -0.1) is 0 Å². The zero-order valence-corrected chi connectivity index (χ0v) is 17.1. The summed E-state index contributed by atoms with van der Waals surface area (Å²) in [5.74, 6) is 1.27. The molecular formula is C21H29NO4S. The van der Waals surface area contributed by atoms with Crippen molar-refractivity contribution in [3.8, 4) is 11.5 Å². The summed E-state index contributed by atoms with van der Waals surface area (Å²) in [4.78, 5) is 0.291.